The molecule has 2 aromatic heterocycles. The molecule has 0 N–H and O–H groups in total. The van der Waals surface area contributed by atoms with E-state index >= 15 is 0 Å². The maximum atomic E-state index is 13.3. The van der Waals surface area contributed by atoms with Crippen LogP contribution >= 0.6 is 11.3 Å². The molecule has 7 heteroatoms. The van der Waals surface area contributed by atoms with Crippen LogP contribution in [0.15, 0.2) is 35.8 Å². The predicted octanol–water partition coefficient (Wildman–Crippen LogP) is 3.93. The largest absolute Gasteiger partial charge is 0.464 e. The van der Waals surface area contributed by atoms with Gasteiger partial charge in [0.15, 0.2) is 4.96 Å². The number of likely N-dealkylation sites (tertiary alicyclic amines) is 1. The summed E-state index contributed by atoms with van der Waals surface area (Å²) in [4.78, 5) is 32.8. The van der Waals surface area contributed by atoms with Gasteiger partial charge in [0.1, 0.15) is 11.7 Å². The fourth-order valence-electron chi connectivity index (χ4n) is 3.73. The highest BCUT2D eigenvalue weighted by atomic mass is 32.1. The van der Waals surface area contributed by atoms with Crippen LogP contribution in [0.5, 0.6) is 0 Å². The molecule has 3 heterocycles. The van der Waals surface area contributed by atoms with Gasteiger partial charge >= 0.3 is 5.97 Å². The van der Waals surface area contributed by atoms with Gasteiger partial charge in [-0.3, -0.25) is 9.20 Å². The highest BCUT2D eigenvalue weighted by molar-refractivity contribution is 7.15. The minimum absolute atomic E-state index is 0.141. The summed E-state index contributed by atoms with van der Waals surface area (Å²) in [6.45, 7) is 4.72. The van der Waals surface area contributed by atoms with Crippen LogP contribution in [0.2, 0.25) is 0 Å². The number of nitrogens with zero attached hydrogens (tertiary/aromatic N) is 3. The molecule has 0 saturated carbocycles. The number of carbonyl (C=O) groups is 2. The number of aryl methyl sites for hydroxylation is 1. The van der Waals surface area contributed by atoms with Crippen LogP contribution in [0.25, 0.3) is 16.2 Å². The number of carbonyl (C=O) groups excluding carboxylic acids is 2. The number of fused-ring (bicyclic) bond motifs is 1. The van der Waals surface area contributed by atoms with Gasteiger partial charge in [0.05, 0.1) is 12.3 Å². The molecule has 6 nitrogen and oxygen atoms in total. The van der Waals surface area contributed by atoms with Gasteiger partial charge in [-0.1, -0.05) is 24.3 Å². The summed E-state index contributed by atoms with van der Waals surface area (Å²) in [6, 6.07) is 7.56. The molecule has 1 fully saturated rings. The fraction of sp³-hybridized carbons (Fsp3) is 0.381. The molecule has 0 bridgehead atoms. The Morgan fingerprint density at radius 3 is 2.89 bits per heavy atom. The third-order valence-corrected chi connectivity index (χ3v) is 6.01. The highest BCUT2D eigenvalue weighted by Crippen LogP contribution is 2.28. The molecule has 0 radical (unpaired) electrons. The Morgan fingerprint density at radius 1 is 1.29 bits per heavy atom. The quantitative estimate of drug-likeness (QED) is 0.626. The summed E-state index contributed by atoms with van der Waals surface area (Å²) < 4.78 is 7.03. The third-order valence-electron chi connectivity index (χ3n) is 5.17. The van der Waals surface area contributed by atoms with E-state index in [-0.39, 0.29) is 11.9 Å². The van der Waals surface area contributed by atoms with E-state index in [2.05, 4.69) is 0 Å². The number of piperidine rings is 1. The molecular weight excluding hydrogens is 374 g/mol. The van der Waals surface area contributed by atoms with Crippen molar-refractivity contribution in [3.8, 4) is 11.3 Å². The van der Waals surface area contributed by atoms with Crippen LogP contribution in [0.3, 0.4) is 0 Å². The second-order valence-electron chi connectivity index (χ2n) is 6.98. The molecule has 0 spiro atoms. The first-order chi connectivity index (χ1) is 13.6. The third kappa shape index (κ3) is 3.30. The Morgan fingerprint density at radius 2 is 2.11 bits per heavy atom. The average Bonchev–Trinajstić information content (AvgIpc) is 3.29. The SMILES string of the molecule is CCOC(=O)C1CCCCN1C(=O)c1csc2nc(-c3ccccc3C)cn12. The Balaban J connectivity index is 1.67. The molecule has 1 aliphatic rings. The van der Waals surface area contributed by atoms with Crippen molar-refractivity contribution in [3.63, 3.8) is 0 Å². The van der Waals surface area contributed by atoms with Crippen LogP contribution in [0, 0.1) is 6.92 Å². The predicted molar refractivity (Wildman–Crippen MR) is 109 cm³/mol. The second kappa shape index (κ2) is 7.75. The number of ether oxygens (including phenoxy) is 1. The molecule has 1 atom stereocenters. The molecule has 1 aliphatic heterocycles. The van der Waals surface area contributed by atoms with Crippen molar-refractivity contribution >= 4 is 28.2 Å². The lowest BCUT2D eigenvalue weighted by Crippen LogP contribution is -2.48. The average molecular weight is 398 g/mol. The number of imidazole rings is 1. The normalized spacial score (nSPS) is 17.1. The van der Waals surface area contributed by atoms with Gasteiger partial charge in [0, 0.05) is 23.7 Å². The Labute approximate surface area is 167 Å². The zero-order chi connectivity index (χ0) is 19.7. The lowest BCUT2D eigenvalue weighted by atomic mass is 10.0. The minimum Gasteiger partial charge on any atom is -0.464 e. The van der Waals surface area contributed by atoms with E-state index in [0.717, 1.165) is 34.6 Å². The number of aromatic nitrogens is 2. The van der Waals surface area contributed by atoms with Gasteiger partial charge in [0.25, 0.3) is 5.91 Å². The smallest absolute Gasteiger partial charge is 0.328 e. The van der Waals surface area contributed by atoms with Crippen LogP contribution in [0.1, 0.15) is 42.2 Å². The van der Waals surface area contributed by atoms with Gasteiger partial charge in [-0.05, 0) is 38.7 Å². The van der Waals surface area contributed by atoms with Crippen LogP contribution in [-0.4, -0.2) is 45.4 Å². The number of thiazole rings is 1. The molecule has 28 heavy (non-hydrogen) atoms. The van der Waals surface area contributed by atoms with E-state index in [1.165, 1.54) is 11.3 Å². The topological polar surface area (TPSA) is 63.9 Å². The standard InChI is InChI=1S/C21H23N3O3S/c1-3-27-20(26)17-10-6-7-11-23(17)19(25)18-13-28-21-22-16(12-24(18)21)15-9-5-4-8-14(15)2/h4-5,8-9,12-13,17H,3,6-7,10-11H2,1-2H3. The maximum Gasteiger partial charge on any atom is 0.328 e. The molecule has 0 aliphatic carbocycles. The number of benzene rings is 1. The first kappa shape index (κ1) is 18.7. The lowest BCUT2D eigenvalue weighted by Gasteiger charge is -2.33. The van der Waals surface area contributed by atoms with Crippen molar-refractivity contribution in [1.29, 1.82) is 0 Å². The molecule has 4 rings (SSSR count). The van der Waals surface area contributed by atoms with Crippen molar-refractivity contribution in [1.82, 2.24) is 14.3 Å². The van der Waals surface area contributed by atoms with E-state index in [9.17, 15) is 9.59 Å². The molecule has 1 amide bonds. The summed E-state index contributed by atoms with van der Waals surface area (Å²) in [6.07, 6.45) is 4.38. The number of hydrogen-bond donors (Lipinski definition) is 0. The molecule has 1 saturated heterocycles. The van der Waals surface area contributed by atoms with Crippen LogP contribution in [0.4, 0.5) is 0 Å². The monoisotopic (exact) mass is 397 g/mol. The fourth-order valence-corrected chi connectivity index (χ4v) is 4.58. The van der Waals surface area contributed by atoms with Crippen molar-refractivity contribution in [2.45, 2.75) is 39.2 Å². The second-order valence-corrected chi connectivity index (χ2v) is 7.81. The van der Waals surface area contributed by atoms with Crippen molar-refractivity contribution < 1.29 is 14.3 Å². The zero-order valence-corrected chi connectivity index (χ0v) is 16.9. The van der Waals surface area contributed by atoms with E-state index in [1.54, 1.807) is 11.8 Å². The lowest BCUT2D eigenvalue weighted by molar-refractivity contribution is -0.149. The van der Waals surface area contributed by atoms with E-state index in [0.29, 0.717) is 25.3 Å². The van der Waals surface area contributed by atoms with Gasteiger partial charge in [-0.2, -0.15) is 0 Å². The van der Waals surface area contributed by atoms with E-state index in [4.69, 9.17) is 9.72 Å². The first-order valence-corrected chi connectivity index (χ1v) is 10.5. The molecule has 3 aromatic rings. The van der Waals surface area contributed by atoms with Crippen LogP contribution in [-0.2, 0) is 9.53 Å². The number of hydrogen-bond acceptors (Lipinski definition) is 5. The number of esters is 1. The summed E-state index contributed by atoms with van der Waals surface area (Å²) in [7, 11) is 0. The number of amides is 1. The Kier molecular flexibility index (Phi) is 5.17. The summed E-state index contributed by atoms with van der Waals surface area (Å²) in [5.74, 6) is -0.453. The zero-order valence-electron chi connectivity index (χ0n) is 16.1. The van der Waals surface area contributed by atoms with E-state index in [1.807, 2.05) is 47.2 Å². The van der Waals surface area contributed by atoms with Gasteiger partial charge in [0.2, 0.25) is 0 Å². The Bertz CT molecular complexity index is 1020. The number of rotatable bonds is 4. The Hall–Kier alpha value is -2.67. The van der Waals surface area contributed by atoms with Crippen molar-refractivity contribution in [2.24, 2.45) is 0 Å². The van der Waals surface area contributed by atoms with Crippen molar-refractivity contribution in [2.75, 3.05) is 13.2 Å². The van der Waals surface area contributed by atoms with Crippen LogP contribution < -0.4 is 0 Å². The molecule has 1 aromatic carbocycles. The first-order valence-electron chi connectivity index (χ1n) is 9.60. The van der Waals surface area contributed by atoms with Gasteiger partial charge in [-0.25, -0.2) is 9.78 Å². The summed E-state index contributed by atoms with van der Waals surface area (Å²) >= 11 is 1.44. The highest BCUT2D eigenvalue weighted by Gasteiger charge is 2.34. The molecule has 1 unspecified atom stereocenters. The maximum absolute atomic E-state index is 13.3. The molecular formula is C21H23N3O3S. The minimum atomic E-state index is -0.504. The summed E-state index contributed by atoms with van der Waals surface area (Å²) in [5, 5.41) is 1.82. The van der Waals surface area contributed by atoms with Crippen molar-refractivity contribution in [3.05, 3.63) is 47.1 Å². The molecule has 146 valence electrons. The summed E-state index contributed by atoms with van der Waals surface area (Å²) in [5.41, 5.74) is 3.59. The van der Waals surface area contributed by atoms with Gasteiger partial charge < -0.3 is 9.64 Å². The van der Waals surface area contributed by atoms with Gasteiger partial charge in [-0.15, -0.1) is 11.3 Å². The van der Waals surface area contributed by atoms with E-state index < -0.39 is 6.04 Å².